The fourth-order valence-corrected chi connectivity index (χ4v) is 3.25. The van der Waals surface area contributed by atoms with Crippen LogP contribution in [0.2, 0.25) is 5.02 Å². The van der Waals surface area contributed by atoms with Crippen LogP contribution in [0.25, 0.3) is 0 Å². The third kappa shape index (κ3) is 8.49. The Morgan fingerprint density at radius 1 is 1.20 bits per heavy atom. The molecule has 1 aromatic rings. The molecule has 1 aromatic carbocycles. The maximum atomic E-state index is 12.1. The molecule has 0 radical (unpaired) electrons. The van der Waals surface area contributed by atoms with Crippen molar-refractivity contribution in [1.29, 1.82) is 0 Å². The molecule has 0 bridgehead atoms. The minimum atomic E-state index is -0.242. The molecule has 8 nitrogen and oxygen atoms in total. The molecule has 30 heavy (non-hydrogen) atoms. The lowest BCUT2D eigenvalue weighted by molar-refractivity contribution is -0.116. The van der Waals surface area contributed by atoms with Gasteiger partial charge in [-0.3, -0.25) is 9.79 Å². The lowest BCUT2D eigenvalue weighted by Crippen LogP contribution is -2.49. The van der Waals surface area contributed by atoms with Gasteiger partial charge < -0.3 is 25.6 Å². The molecule has 1 aliphatic heterocycles. The quantitative estimate of drug-likeness (QED) is 0.329. The first-order valence-corrected chi connectivity index (χ1v) is 10.9. The van der Waals surface area contributed by atoms with E-state index in [1.165, 1.54) is 0 Å². The second-order valence-electron chi connectivity index (χ2n) is 7.02. The number of carbonyl (C=O) groups is 2. The van der Waals surface area contributed by atoms with Crippen LogP contribution < -0.4 is 16.0 Å². The number of likely N-dealkylation sites (tertiary alicyclic amines) is 1. The fraction of sp³-hybridized carbons (Fsp3) is 0.571. The summed E-state index contributed by atoms with van der Waals surface area (Å²) in [6.07, 6.45) is 2.48. The minimum absolute atomic E-state index is 0.0446. The standard InChI is InChI=1S/C21H32ClN5O3/c1-3-23-20(26-18-11-14-27(15-12-18)21(29)30-4-2)24-13-5-6-19(28)25-17-9-7-16(22)8-10-17/h7-10,18H,3-6,11-15H2,1-2H3,(H,25,28)(H2,23,24,26). The topological polar surface area (TPSA) is 95.1 Å². The molecule has 0 spiro atoms. The SMILES string of the molecule is CCNC(=NCCCC(=O)Nc1ccc(Cl)cc1)NC1CCN(C(=O)OCC)CC1. The predicted molar refractivity (Wildman–Crippen MR) is 120 cm³/mol. The van der Waals surface area contributed by atoms with Gasteiger partial charge in [0, 0.05) is 49.4 Å². The molecular weight excluding hydrogens is 406 g/mol. The van der Waals surface area contributed by atoms with Gasteiger partial charge in [0.25, 0.3) is 0 Å². The summed E-state index contributed by atoms with van der Waals surface area (Å²) < 4.78 is 5.06. The summed E-state index contributed by atoms with van der Waals surface area (Å²) in [5.74, 6) is 0.696. The average Bonchev–Trinajstić information content (AvgIpc) is 2.73. The second kappa shape index (κ2) is 13.0. The first kappa shape index (κ1) is 23.8. The average molecular weight is 438 g/mol. The fourth-order valence-electron chi connectivity index (χ4n) is 3.12. The zero-order valence-electron chi connectivity index (χ0n) is 17.7. The van der Waals surface area contributed by atoms with Crippen molar-refractivity contribution in [3.05, 3.63) is 29.3 Å². The number of aliphatic imine (C=N–C) groups is 1. The number of amides is 2. The van der Waals surface area contributed by atoms with Crippen LogP contribution >= 0.6 is 11.6 Å². The number of halogens is 1. The molecule has 0 unspecified atom stereocenters. The monoisotopic (exact) mass is 437 g/mol. The van der Waals surface area contributed by atoms with Crippen molar-refractivity contribution in [2.24, 2.45) is 4.99 Å². The van der Waals surface area contributed by atoms with Gasteiger partial charge in [-0.05, 0) is 57.4 Å². The van der Waals surface area contributed by atoms with Crippen LogP contribution in [0.15, 0.2) is 29.3 Å². The number of carbonyl (C=O) groups excluding carboxylic acids is 2. The summed E-state index contributed by atoms with van der Waals surface area (Å²) in [5, 5.41) is 10.2. The molecule has 0 atom stereocenters. The molecular formula is C21H32ClN5O3. The first-order valence-electron chi connectivity index (χ1n) is 10.5. The van der Waals surface area contributed by atoms with Crippen molar-refractivity contribution >= 4 is 35.2 Å². The molecule has 166 valence electrons. The number of nitrogens with one attached hydrogen (secondary N) is 3. The third-order valence-corrected chi connectivity index (χ3v) is 4.92. The molecule has 1 fully saturated rings. The number of hydrogen-bond acceptors (Lipinski definition) is 4. The van der Waals surface area contributed by atoms with Gasteiger partial charge in [0.1, 0.15) is 0 Å². The number of hydrogen-bond donors (Lipinski definition) is 3. The second-order valence-corrected chi connectivity index (χ2v) is 7.46. The van der Waals surface area contributed by atoms with Crippen molar-refractivity contribution in [3.63, 3.8) is 0 Å². The van der Waals surface area contributed by atoms with Gasteiger partial charge in [-0.1, -0.05) is 11.6 Å². The van der Waals surface area contributed by atoms with E-state index in [2.05, 4.69) is 20.9 Å². The van der Waals surface area contributed by atoms with Crippen LogP contribution in [-0.4, -0.2) is 61.7 Å². The molecule has 1 aliphatic rings. The normalized spacial score (nSPS) is 14.9. The van der Waals surface area contributed by atoms with Crippen LogP contribution in [0.5, 0.6) is 0 Å². The number of ether oxygens (including phenoxy) is 1. The summed E-state index contributed by atoms with van der Waals surface area (Å²) in [5.41, 5.74) is 0.733. The number of anilines is 1. The number of piperidine rings is 1. The zero-order chi connectivity index (χ0) is 21.8. The van der Waals surface area contributed by atoms with Crippen LogP contribution in [0.4, 0.5) is 10.5 Å². The highest BCUT2D eigenvalue weighted by molar-refractivity contribution is 6.30. The van der Waals surface area contributed by atoms with E-state index in [-0.39, 0.29) is 18.0 Å². The highest BCUT2D eigenvalue weighted by atomic mass is 35.5. The van der Waals surface area contributed by atoms with Crippen LogP contribution in [-0.2, 0) is 9.53 Å². The van der Waals surface area contributed by atoms with Crippen molar-refractivity contribution in [2.45, 2.75) is 45.6 Å². The van der Waals surface area contributed by atoms with Gasteiger partial charge in [0.15, 0.2) is 5.96 Å². The van der Waals surface area contributed by atoms with Gasteiger partial charge >= 0.3 is 6.09 Å². The van der Waals surface area contributed by atoms with Gasteiger partial charge in [0.05, 0.1) is 6.61 Å². The Hall–Kier alpha value is -2.48. The first-order chi connectivity index (χ1) is 14.5. The minimum Gasteiger partial charge on any atom is -0.450 e. The van der Waals surface area contributed by atoms with E-state index in [0.29, 0.717) is 44.1 Å². The molecule has 2 rings (SSSR count). The maximum Gasteiger partial charge on any atom is 0.409 e. The van der Waals surface area contributed by atoms with E-state index < -0.39 is 0 Å². The highest BCUT2D eigenvalue weighted by Crippen LogP contribution is 2.14. The third-order valence-electron chi connectivity index (χ3n) is 4.67. The summed E-state index contributed by atoms with van der Waals surface area (Å²) in [6.45, 7) is 6.86. The van der Waals surface area contributed by atoms with Gasteiger partial charge in [-0.2, -0.15) is 0 Å². The van der Waals surface area contributed by atoms with Crippen molar-refractivity contribution in [1.82, 2.24) is 15.5 Å². The zero-order valence-corrected chi connectivity index (χ0v) is 18.5. The number of guanidine groups is 1. The molecule has 1 saturated heterocycles. The van der Waals surface area contributed by atoms with Crippen LogP contribution in [0, 0.1) is 0 Å². The van der Waals surface area contributed by atoms with Gasteiger partial charge in [0.2, 0.25) is 5.91 Å². The molecule has 0 saturated carbocycles. The van der Waals surface area contributed by atoms with Gasteiger partial charge in [-0.15, -0.1) is 0 Å². The number of rotatable bonds is 8. The molecule has 0 aliphatic carbocycles. The Kier molecular flexibility index (Phi) is 10.3. The Balaban J connectivity index is 1.71. The van der Waals surface area contributed by atoms with E-state index in [1.807, 2.05) is 13.8 Å². The Labute approximate surface area is 183 Å². The largest absolute Gasteiger partial charge is 0.450 e. The van der Waals surface area contributed by atoms with Crippen molar-refractivity contribution in [3.8, 4) is 0 Å². The smallest absolute Gasteiger partial charge is 0.409 e. The Morgan fingerprint density at radius 2 is 1.90 bits per heavy atom. The molecule has 0 aromatic heterocycles. The highest BCUT2D eigenvalue weighted by Gasteiger charge is 2.24. The van der Waals surface area contributed by atoms with Crippen molar-refractivity contribution < 1.29 is 14.3 Å². The molecule has 2 amide bonds. The Morgan fingerprint density at radius 3 is 2.53 bits per heavy atom. The number of benzene rings is 1. The summed E-state index contributed by atoms with van der Waals surface area (Å²) in [6, 6.07) is 7.29. The predicted octanol–water partition coefficient (Wildman–Crippen LogP) is 3.23. The van der Waals surface area contributed by atoms with Crippen LogP contribution in [0.1, 0.15) is 39.5 Å². The lowest BCUT2D eigenvalue weighted by Gasteiger charge is -2.32. The van der Waals surface area contributed by atoms with E-state index in [4.69, 9.17) is 16.3 Å². The molecule has 9 heteroatoms. The van der Waals surface area contributed by atoms with E-state index >= 15 is 0 Å². The Bertz CT molecular complexity index is 703. The number of nitrogens with zero attached hydrogens (tertiary/aromatic N) is 2. The summed E-state index contributed by atoms with van der Waals surface area (Å²) >= 11 is 5.85. The summed E-state index contributed by atoms with van der Waals surface area (Å²) in [4.78, 5) is 30.2. The van der Waals surface area contributed by atoms with E-state index in [1.54, 1.807) is 29.2 Å². The van der Waals surface area contributed by atoms with Crippen molar-refractivity contribution in [2.75, 3.05) is 38.1 Å². The summed E-state index contributed by atoms with van der Waals surface area (Å²) in [7, 11) is 0. The molecule has 3 N–H and O–H groups in total. The molecule has 1 heterocycles. The van der Waals surface area contributed by atoms with Gasteiger partial charge in [-0.25, -0.2) is 4.79 Å². The van der Waals surface area contributed by atoms with E-state index in [9.17, 15) is 9.59 Å². The maximum absolute atomic E-state index is 12.1. The lowest BCUT2D eigenvalue weighted by atomic mass is 10.1. The van der Waals surface area contributed by atoms with Crippen LogP contribution in [0.3, 0.4) is 0 Å². The van der Waals surface area contributed by atoms with E-state index in [0.717, 1.165) is 31.0 Å².